The molecule has 0 saturated heterocycles. The summed E-state index contributed by atoms with van der Waals surface area (Å²) in [5, 5.41) is 5.22. The Morgan fingerprint density at radius 1 is 0.474 bits per heavy atom. The number of benzene rings is 8. The van der Waals surface area contributed by atoms with Gasteiger partial charge in [-0.25, -0.2) is 0 Å². The maximum absolute atomic E-state index is 5.36. The Kier molecular flexibility index (Phi) is 12.5. The van der Waals surface area contributed by atoms with E-state index < -0.39 is 0 Å². The van der Waals surface area contributed by atoms with Crippen molar-refractivity contribution in [3.63, 3.8) is 0 Å². The maximum atomic E-state index is 5.36. The van der Waals surface area contributed by atoms with E-state index in [1.54, 1.807) is 12.2 Å². The van der Waals surface area contributed by atoms with Crippen molar-refractivity contribution in [1.29, 1.82) is 0 Å². The summed E-state index contributed by atoms with van der Waals surface area (Å²) < 4.78 is 0. The first kappa shape index (κ1) is 39.9. The Morgan fingerprint density at radius 3 is 1.60 bits per heavy atom. The fraction of sp³-hybridized carbons (Fsp3) is 0.0909. The minimum absolute atomic E-state index is 0. The van der Waals surface area contributed by atoms with E-state index >= 15 is 0 Å². The average molecular weight is 741 g/mol. The lowest BCUT2D eigenvalue weighted by Crippen LogP contribution is -2.14. The zero-order chi connectivity index (χ0) is 39.1. The van der Waals surface area contributed by atoms with E-state index in [9.17, 15) is 0 Å². The van der Waals surface area contributed by atoms with Gasteiger partial charge in [-0.3, -0.25) is 0 Å². The van der Waals surface area contributed by atoms with Crippen LogP contribution in [0.15, 0.2) is 207 Å². The van der Waals surface area contributed by atoms with Crippen molar-refractivity contribution in [3.8, 4) is 44.5 Å². The number of anilines is 1. The third kappa shape index (κ3) is 8.14. The number of hydrogen-bond donors (Lipinski definition) is 2. The van der Waals surface area contributed by atoms with E-state index in [4.69, 9.17) is 5.73 Å². The summed E-state index contributed by atoms with van der Waals surface area (Å²) in [6.45, 7) is 13.9. The zero-order valence-electron chi connectivity index (χ0n) is 33.4. The van der Waals surface area contributed by atoms with E-state index in [1.807, 2.05) is 42.5 Å². The highest BCUT2D eigenvalue weighted by atomic mass is 14.5. The van der Waals surface area contributed by atoms with Crippen LogP contribution in [0.5, 0.6) is 0 Å². The van der Waals surface area contributed by atoms with Crippen molar-refractivity contribution >= 4 is 27.2 Å². The van der Waals surface area contributed by atoms with Crippen LogP contribution in [0.25, 0.3) is 66.1 Å². The molecule has 0 saturated carbocycles. The van der Waals surface area contributed by atoms with Crippen LogP contribution in [0.4, 0.5) is 5.69 Å². The Hall–Kier alpha value is -6.74. The van der Waals surface area contributed by atoms with Gasteiger partial charge in [-0.05, 0) is 119 Å². The molecule has 0 atom stereocenters. The van der Waals surface area contributed by atoms with Gasteiger partial charge < -0.3 is 11.9 Å². The van der Waals surface area contributed by atoms with E-state index in [0.717, 1.165) is 12.1 Å². The predicted octanol–water partition coefficient (Wildman–Crippen LogP) is 15.2. The van der Waals surface area contributed by atoms with Crippen molar-refractivity contribution < 1.29 is 0 Å². The first-order valence-corrected chi connectivity index (χ1v) is 19.4. The lowest BCUT2D eigenvalue weighted by atomic mass is 9.79. The van der Waals surface area contributed by atoms with Gasteiger partial charge in [0.1, 0.15) is 0 Å². The Balaban J connectivity index is 0.000000337. The summed E-state index contributed by atoms with van der Waals surface area (Å²) in [6.07, 6.45) is 8.11. The highest BCUT2D eigenvalue weighted by Crippen LogP contribution is 2.53. The fourth-order valence-corrected chi connectivity index (χ4v) is 7.99. The molecule has 282 valence electrons. The molecule has 57 heavy (non-hydrogen) atoms. The van der Waals surface area contributed by atoms with Gasteiger partial charge in [0, 0.05) is 11.1 Å². The molecule has 2 heteroatoms. The normalized spacial score (nSPS) is 12.0. The molecule has 0 amide bonds. The predicted molar refractivity (Wildman–Crippen MR) is 250 cm³/mol. The second-order valence-corrected chi connectivity index (χ2v) is 14.7. The minimum atomic E-state index is -0.0670. The summed E-state index contributed by atoms with van der Waals surface area (Å²) in [4.78, 5) is 0. The maximum Gasteiger partial charge on any atom is 0.0313 e. The number of rotatable bonds is 6. The molecular weight excluding hydrogens is 689 g/mol. The Bertz CT molecular complexity index is 2660. The van der Waals surface area contributed by atoms with E-state index in [1.165, 1.54) is 82.7 Å². The summed E-state index contributed by atoms with van der Waals surface area (Å²) in [7, 11) is 0. The monoisotopic (exact) mass is 740 g/mol. The second kappa shape index (κ2) is 17.8. The van der Waals surface area contributed by atoms with Crippen molar-refractivity contribution in [2.24, 2.45) is 0 Å². The summed E-state index contributed by atoms with van der Waals surface area (Å²) in [6, 6.07) is 61.5. The SMILES string of the molecule is C=C/C=C\C=C.CCc1ccc(-c2c3ccccc3c(-c3cccc(-c4ccccc4)c3)c3cc4c(cc23)C(C)(C)c2ccccc2-4)cc1.N.Nc1ccccc1. The van der Waals surface area contributed by atoms with Crippen LogP contribution in [-0.4, -0.2) is 0 Å². The van der Waals surface area contributed by atoms with Gasteiger partial charge >= 0.3 is 0 Å². The fourth-order valence-electron chi connectivity index (χ4n) is 7.99. The molecule has 1 aliphatic carbocycles. The quantitative estimate of drug-likeness (QED) is 0.101. The molecule has 0 heterocycles. The molecule has 2 nitrogen and oxygen atoms in total. The van der Waals surface area contributed by atoms with Crippen molar-refractivity contribution in [2.75, 3.05) is 5.73 Å². The molecule has 8 aromatic rings. The van der Waals surface area contributed by atoms with Crippen molar-refractivity contribution in [3.05, 3.63) is 224 Å². The standard InChI is InChI=1S/C43H34.C6H7N.C6H8.H3N/c1-4-28-21-23-30(24-22-28)41-34-18-8-9-19-35(34)42(32-16-12-15-31(25-32)29-13-6-5-7-14-29)37-26-36-33-17-10-11-20-39(33)43(2,3)40(36)27-38(37)41;7-6-4-2-1-3-5-6;1-3-5-6-4-2;/h5-27H,4H2,1-3H3;1-5H,7H2;3-6H,1-2H2;1H3/b;;6-5-;. The molecule has 0 spiro atoms. The largest absolute Gasteiger partial charge is 0.399 e. The lowest BCUT2D eigenvalue weighted by Gasteiger charge is -2.24. The van der Waals surface area contributed by atoms with Crippen LogP contribution in [0.1, 0.15) is 37.5 Å². The minimum Gasteiger partial charge on any atom is -0.399 e. The molecule has 8 aromatic carbocycles. The second-order valence-electron chi connectivity index (χ2n) is 14.7. The smallest absolute Gasteiger partial charge is 0.0313 e. The Labute approximate surface area is 339 Å². The molecule has 0 unspecified atom stereocenters. The number of nitrogen functional groups attached to an aromatic ring is 1. The van der Waals surface area contributed by atoms with Gasteiger partial charge in [-0.1, -0.05) is 198 Å². The summed E-state index contributed by atoms with van der Waals surface area (Å²) >= 11 is 0. The van der Waals surface area contributed by atoms with Gasteiger partial charge in [0.25, 0.3) is 0 Å². The first-order valence-electron chi connectivity index (χ1n) is 19.4. The molecule has 0 aliphatic heterocycles. The molecule has 1 aliphatic rings. The molecule has 5 N–H and O–H groups in total. The molecular formula is C55H52N2. The zero-order valence-corrected chi connectivity index (χ0v) is 33.4. The van der Waals surface area contributed by atoms with Gasteiger partial charge in [-0.2, -0.15) is 0 Å². The van der Waals surface area contributed by atoms with E-state index in [0.29, 0.717) is 0 Å². The third-order valence-electron chi connectivity index (χ3n) is 10.8. The first-order chi connectivity index (χ1) is 27.3. The Morgan fingerprint density at radius 2 is 1.00 bits per heavy atom. The van der Waals surface area contributed by atoms with Crippen LogP contribution < -0.4 is 11.9 Å². The summed E-state index contributed by atoms with van der Waals surface area (Å²) in [5.41, 5.74) is 20.6. The lowest BCUT2D eigenvalue weighted by molar-refractivity contribution is 0.661. The van der Waals surface area contributed by atoms with Gasteiger partial charge in [0.2, 0.25) is 0 Å². The average Bonchev–Trinajstić information content (AvgIpc) is 3.47. The number of aryl methyl sites for hydroxylation is 1. The van der Waals surface area contributed by atoms with Crippen molar-refractivity contribution in [1.82, 2.24) is 6.15 Å². The number of hydrogen-bond acceptors (Lipinski definition) is 2. The number of para-hydroxylation sites is 1. The third-order valence-corrected chi connectivity index (χ3v) is 10.8. The highest BCUT2D eigenvalue weighted by Gasteiger charge is 2.36. The summed E-state index contributed by atoms with van der Waals surface area (Å²) in [5.74, 6) is 0. The number of allylic oxidation sites excluding steroid dienone is 4. The van der Waals surface area contributed by atoms with Crippen LogP contribution in [0.2, 0.25) is 0 Å². The molecule has 0 fully saturated rings. The highest BCUT2D eigenvalue weighted by molar-refractivity contribution is 6.22. The topological polar surface area (TPSA) is 61.0 Å². The molecule has 0 aromatic heterocycles. The van der Waals surface area contributed by atoms with E-state index in [-0.39, 0.29) is 11.6 Å². The van der Waals surface area contributed by atoms with Gasteiger partial charge in [0.15, 0.2) is 0 Å². The number of fused-ring (bicyclic) bond motifs is 5. The van der Waals surface area contributed by atoms with E-state index in [2.05, 4.69) is 173 Å². The van der Waals surface area contributed by atoms with Crippen LogP contribution in [0, 0.1) is 0 Å². The van der Waals surface area contributed by atoms with Gasteiger partial charge in [0.05, 0.1) is 0 Å². The van der Waals surface area contributed by atoms with Crippen LogP contribution >= 0.6 is 0 Å². The van der Waals surface area contributed by atoms with Gasteiger partial charge in [-0.15, -0.1) is 0 Å². The van der Waals surface area contributed by atoms with Crippen LogP contribution in [0.3, 0.4) is 0 Å². The van der Waals surface area contributed by atoms with Crippen LogP contribution in [-0.2, 0) is 11.8 Å². The molecule has 9 rings (SSSR count). The van der Waals surface area contributed by atoms with Crippen molar-refractivity contribution in [2.45, 2.75) is 32.6 Å². The number of nitrogens with two attached hydrogens (primary N) is 1. The molecule has 0 radical (unpaired) electrons. The molecule has 0 bridgehead atoms.